The lowest BCUT2D eigenvalue weighted by Gasteiger charge is -2.37. The van der Waals surface area contributed by atoms with Crippen molar-refractivity contribution in [2.75, 3.05) is 31.6 Å². The number of imidazole rings is 1. The average molecular weight is 681 g/mol. The van der Waals surface area contributed by atoms with Crippen LogP contribution in [0.5, 0.6) is 0 Å². The van der Waals surface area contributed by atoms with Crippen molar-refractivity contribution in [3.8, 4) is 0 Å². The fraction of sp³-hybridized carbons (Fsp3) is 0.486. The van der Waals surface area contributed by atoms with Gasteiger partial charge in [0, 0.05) is 42.5 Å². The van der Waals surface area contributed by atoms with Gasteiger partial charge in [0.2, 0.25) is 11.7 Å². The summed E-state index contributed by atoms with van der Waals surface area (Å²) in [5.41, 5.74) is 2.52. The number of benzene rings is 2. The van der Waals surface area contributed by atoms with Gasteiger partial charge >= 0.3 is 11.8 Å². The smallest absolute Gasteiger partial charge is 0.417 e. The van der Waals surface area contributed by atoms with Crippen LogP contribution >= 0.6 is 11.6 Å². The molecule has 0 spiro atoms. The van der Waals surface area contributed by atoms with Gasteiger partial charge in [0.05, 0.1) is 17.6 Å². The molecular weight excluding hydrogens is 642 g/mol. The van der Waals surface area contributed by atoms with Crippen molar-refractivity contribution in [3.63, 3.8) is 0 Å². The van der Waals surface area contributed by atoms with E-state index in [4.69, 9.17) is 20.8 Å². The first-order chi connectivity index (χ1) is 22.9. The van der Waals surface area contributed by atoms with Crippen LogP contribution in [0.4, 0.5) is 14.6 Å². The molecule has 0 radical (unpaired) electrons. The molecule has 2 unspecified atom stereocenters. The Morgan fingerprint density at radius 2 is 2.00 bits per heavy atom. The van der Waals surface area contributed by atoms with Crippen LogP contribution < -0.4 is 11.0 Å². The number of halogens is 3. The van der Waals surface area contributed by atoms with Gasteiger partial charge in [-0.15, -0.1) is 0 Å². The topological polar surface area (TPSA) is 118 Å². The molecule has 7 rings (SSSR count). The van der Waals surface area contributed by atoms with Crippen LogP contribution in [0.2, 0.25) is 5.02 Å². The van der Waals surface area contributed by atoms with Crippen molar-refractivity contribution in [2.45, 2.75) is 65.0 Å². The molecule has 2 aliphatic rings. The molecule has 1 saturated heterocycles. The van der Waals surface area contributed by atoms with Gasteiger partial charge in [0.15, 0.2) is 11.4 Å². The zero-order valence-corrected chi connectivity index (χ0v) is 27.9. The van der Waals surface area contributed by atoms with E-state index in [2.05, 4.69) is 34.1 Å². The number of hydrogen-bond donors (Lipinski definition) is 2. The molecule has 1 saturated carbocycles. The minimum atomic E-state index is -3.74. The molecule has 2 N–H and O–H groups in total. The number of nitrogens with zero attached hydrogens (tertiary/aromatic N) is 4. The van der Waals surface area contributed by atoms with Crippen molar-refractivity contribution in [3.05, 3.63) is 63.8 Å². The highest BCUT2D eigenvalue weighted by Crippen LogP contribution is 2.51. The number of carbonyl (C=O) groups is 1. The summed E-state index contributed by atoms with van der Waals surface area (Å²) in [6.07, 6.45) is -1.20. The van der Waals surface area contributed by atoms with Crippen molar-refractivity contribution in [2.24, 2.45) is 17.3 Å². The Kier molecular flexibility index (Phi) is 8.43. The second-order valence-electron chi connectivity index (χ2n) is 13.7. The number of unbranched alkanes of at least 4 members (excludes halogenated alkanes) is 1. The van der Waals surface area contributed by atoms with Crippen LogP contribution in [0.25, 0.3) is 33.1 Å². The van der Waals surface area contributed by atoms with Crippen LogP contribution in [-0.4, -0.2) is 56.6 Å². The van der Waals surface area contributed by atoms with Gasteiger partial charge < -0.3 is 24.4 Å². The quantitative estimate of drug-likeness (QED) is 0.139. The number of alkyl halides is 2. The van der Waals surface area contributed by atoms with Crippen LogP contribution in [0, 0.1) is 17.3 Å². The van der Waals surface area contributed by atoms with E-state index in [0.29, 0.717) is 71.0 Å². The third kappa shape index (κ3) is 6.16. The Morgan fingerprint density at radius 3 is 2.77 bits per heavy atom. The second kappa shape index (κ2) is 12.5. The van der Waals surface area contributed by atoms with E-state index < -0.39 is 11.9 Å². The summed E-state index contributed by atoms with van der Waals surface area (Å²) in [6.45, 7) is 7.66. The number of para-hydroxylation sites is 1. The van der Waals surface area contributed by atoms with Crippen LogP contribution in [0.1, 0.15) is 64.7 Å². The number of piperidine rings is 1. The maximum absolute atomic E-state index is 15.4. The predicted molar refractivity (Wildman–Crippen MR) is 180 cm³/mol. The van der Waals surface area contributed by atoms with Crippen LogP contribution in [0.3, 0.4) is 0 Å². The van der Waals surface area contributed by atoms with Gasteiger partial charge in [-0.3, -0.25) is 9.36 Å². The van der Waals surface area contributed by atoms with Crippen molar-refractivity contribution >= 4 is 56.4 Å². The average Bonchev–Trinajstić information content (AvgIpc) is 3.34. The molecular formula is C35H39ClF2N6O4. The SMILES string of the molecule is C[C@@H]1CC1(C)CNc1nc(C(F)(F)OCCCCC(=O)N2CCC(n3c(=O)[nH]c4cc(Cl)ccc43)[C@@H](C)C2)nc2c1oc1ccccc12. The summed E-state index contributed by atoms with van der Waals surface area (Å²) >= 11 is 6.10. The lowest BCUT2D eigenvalue weighted by molar-refractivity contribution is -0.254. The maximum atomic E-state index is 15.4. The summed E-state index contributed by atoms with van der Waals surface area (Å²) in [6, 6.07) is 12.4. The number of rotatable bonds is 11. The number of anilines is 1. The van der Waals surface area contributed by atoms with E-state index in [1.54, 1.807) is 39.8 Å². The molecule has 254 valence electrons. The minimum absolute atomic E-state index is 0.0386. The lowest BCUT2D eigenvalue weighted by Crippen LogP contribution is -2.45. The number of ether oxygens (including phenoxy) is 1. The molecule has 5 aromatic rings. The highest BCUT2D eigenvalue weighted by molar-refractivity contribution is 6.31. The van der Waals surface area contributed by atoms with Crippen molar-refractivity contribution in [1.82, 2.24) is 24.4 Å². The predicted octanol–water partition coefficient (Wildman–Crippen LogP) is 7.48. The van der Waals surface area contributed by atoms with Gasteiger partial charge in [0.1, 0.15) is 11.1 Å². The number of aromatic nitrogens is 4. The number of hydrogen-bond acceptors (Lipinski definition) is 7. The fourth-order valence-corrected chi connectivity index (χ4v) is 7.16. The summed E-state index contributed by atoms with van der Waals surface area (Å²) in [5.74, 6) is 0.0127. The van der Waals surface area contributed by atoms with E-state index in [1.165, 1.54) is 0 Å². The minimum Gasteiger partial charge on any atom is -0.450 e. The molecule has 1 aliphatic heterocycles. The second-order valence-corrected chi connectivity index (χ2v) is 14.2. The molecule has 13 heteroatoms. The van der Waals surface area contributed by atoms with Crippen LogP contribution in [0.15, 0.2) is 51.7 Å². The van der Waals surface area contributed by atoms with Gasteiger partial charge in [-0.05, 0) is 73.3 Å². The van der Waals surface area contributed by atoms with E-state index in [1.807, 2.05) is 19.1 Å². The highest BCUT2D eigenvalue weighted by Gasteiger charge is 2.46. The molecule has 4 atom stereocenters. The molecule has 3 aromatic heterocycles. The molecule has 10 nitrogen and oxygen atoms in total. The largest absolute Gasteiger partial charge is 0.450 e. The number of carbonyl (C=O) groups excluding carboxylic acids is 1. The van der Waals surface area contributed by atoms with Gasteiger partial charge in [-0.2, -0.15) is 8.78 Å². The van der Waals surface area contributed by atoms with E-state index in [9.17, 15) is 9.59 Å². The van der Waals surface area contributed by atoms with E-state index >= 15 is 8.78 Å². The zero-order chi connectivity index (χ0) is 33.8. The molecule has 48 heavy (non-hydrogen) atoms. The summed E-state index contributed by atoms with van der Waals surface area (Å²) in [5, 5.41) is 4.41. The molecule has 2 fully saturated rings. The number of aromatic amines is 1. The summed E-state index contributed by atoms with van der Waals surface area (Å²) < 4.78 is 43.6. The Hall–Kier alpha value is -4.03. The van der Waals surface area contributed by atoms with Crippen molar-refractivity contribution in [1.29, 1.82) is 0 Å². The Labute approximate surface area is 280 Å². The Bertz CT molecular complexity index is 2060. The number of amides is 1. The van der Waals surface area contributed by atoms with Gasteiger partial charge in [-0.1, -0.05) is 44.5 Å². The van der Waals surface area contributed by atoms with E-state index in [-0.39, 0.29) is 54.2 Å². The molecule has 4 heterocycles. The standard InChI is InChI=1S/C35H39ClF2N6O4/c1-20-18-43(14-13-25(20)44-26-12-11-22(36)16-24(26)40-33(44)46)28(45)10-6-7-15-47-35(37,38)32-41-29-23-8-4-5-9-27(23)48-30(29)31(42-32)39-19-34(3)17-21(34)2/h4-5,8-9,11-12,16,20-21,25H,6-7,10,13-15,17-19H2,1-3H3,(H,40,46)(H,39,41,42)/t20-,21+,25?,34?/m0/s1. The van der Waals surface area contributed by atoms with Crippen molar-refractivity contribution < 1.29 is 22.7 Å². The lowest BCUT2D eigenvalue weighted by atomic mass is 9.93. The number of furan rings is 1. The molecule has 0 bridgehead atoms. The van der Waals surface area contributed by atoms with Crippen LogP contribution in [-0.2, 0) is 15.6 Å². The normalized spacial score (nSPS) is 23.0. The highest BCUT2D eigenvalue weighted by atomic mass is 35.5. The number of H-pyrrole nitrogens is 1. The third-order valence-electron chi connectivity index (χ3n) is 10.2. The zero-order valence-electron chi connectivity index (χ0n) is 27.2. The fourth-order valence-electron chi connectivity index (χ4n) is 6.99. The molecule has 1 amide bonds. The number of likely N-dealkylation sites (tertiary alicyclic amines) is 1. The summed E-state index contributed by atoms with van der Waals surface area (Å²) in [7, 11) is 0. The van der Waals surface area contributed by atoms with Gasteiger partial charge in [0.25, 0.3) is 0 Å². The monoisotopic (exact) mass is 680 g/mol. The first-order valence-corrected chi connectivity index (χ1v) is 16.9. The summed E-state index contributed by atoms with van der Waals surface area (Å²) in [4.78, 5) is 38.9. The maximum Gasteiger partial charge on any atom is 0.417 e. The third-order valence-corrected chi connectivity index (χ3v) is 10.5. The number of fused-ring (bicyclic) bond motifs is 4. The first-order valence-electron chi connectivity index (χ1n) is 16.6. The first kappa shape index (κ1) is 32.5. The Morgan fingerprint density at radius 1 is 1.21 bits per heavy atom. The molecule has 2 aromatic carbocycles. The molecule has 1 aliphatic carbocycles. The number of nitrogens with one attached hydrogen (secondary N) is 2. The van der Waals surface area contributed by atoms with E-state index in [0.717, 1.165) is 11.9 Å². The Balaban J connectivity index is 0.948. The van der Waals surface area contributed by atoms with Gasteiger partial charge in [-0.25, -0.2) is 14.8 Å².